The van der Waals surface area contributed by atoms with Crippen molar-refractivity contribution < 1.29 is 24.2 Å². The minimum atomic E-state index is -1.08. The van der Waals surface area contributed by atoms with Gasteiger partial charge in [0.1, 0.15) is 11.6 Å². The van der Waals surface area contributed by atoms with Gasteiger partial charge in [-0.2, -0.15) is 0 Å². The maximum Gasteiger partial charge on any atom is 0.246 e. The van der Waals surface area contributed by atoms with Crippen molar-refractivity contribution in [3.63, 3.8) is 0 Å². The summed E-state index contributed by atoms with van der Waals surface area (Å²) in [6.07, 6.45) is 1.95. The number of benzene rings is 1. The fraction of sp³-hybridized carbons (Fsp3) is 0.679. The van der Waals surface area contributed by atoms with Crippen LogP contribution in [0.5, 0.6) is 0 Å². The van der Waals surface area contributed by atoms with E-state index in [1.165, 1.54) is 4.90 Å². The summed E-state index contributed by atoms with van der Waals surface area (Å²) in [6, 6.07) is 7.72. The SMILES string of the molecule is CC[C@@H](CO)N1C(=O)[C@@H]2[C@@H](C(=O)Nc3ccccc3)[C@H]3CCC2(O3)C1C(=O)NC(C)(C)CC(C)(C)C. The third kappa shape index (κ3) is 4.65. The van der Waals surface area contributed by atoms with E-state index < -0.39 is 41.2 Å². The molecule has 3 aliphatic heterocycles. The smallest absolute Gasteiger partial charge is 0.246 e. The molecule has 3 fully saturated rings. The van der Waals surface area contributed by atoms with E-state index in [4.69, 9.17) is 4.74 Å². The van der Waals surface area contributed by atoms with E-state index in [2.05, 4.69) is 31.4 Å². The molecule has 0 saturated carbocycles. The van der Waals surface area contributed by atoms with Crippen LogP contribution >= 0.6 is 0 Å². The lowest BCUT2D eigenvalue weighted by molar-refractivity contribution is -0.146. The molecule has 0 aliphatic carbocycles. The number of carbonyl (C=O) groups is 3. The zero-order chi connectivity index (χ0) is 26.5. The number of hydrogen-bond acceptors (Lipinski definition) is 5. The number of fused-ring (bicyclic) bond motifs is 1. The molecular weight excluding hydrogens is 458 g/mol. The van der Waals surface area contributed by atoms with Gasteiger partial charge in [0, 0.05) is 11.2 Å². The highest BCUT2D eigenvalue weighted by Crippen LogP contribution is 2.59. The normalized spacial score (nSPS) is 30.3. The van der Waals surface area contributed by atoms with Crippen molar-refractivity contribution in [3.05, 3.63) is 30.3 Å². The minimum absolute atomic E-state index is 0.0111. The summed E-state index contributed by atoms with van der Waals surface area (Å²) in [7, 11) is 0. The predicted octanol–water partition coefficient (Wildman–Crippen LogP) is 3.10. The van der Waals surface area contributed by atoms with Crippen LogP contribution in [0.15, 0.2) is 30.3 Å². The van der Waals surface area contributed by atoms with E-state index in [9.17, 15) is 19.5 Å². The Balaban J connectivity index is 1.68. The van der Waals surface area contributed by atoms with Gasteiger partial charge in [0.05, 0.1) is 30.6 Å². The van der Waals surface area contributed by atoms with Crippen molar-refractivity contribution in [1.29, 1.82) is 0 Å². The molecule has 198 valence electrons. The van der Waals surface area contributed by atoms with Gasteiger partial charge in [0.15, 0.2) is 0 Å². The summed E-state index contributed by atoms with van der Waals surface area (Å²) in [5.41, 5.74) is -0.949. The Bertz CT molecular complexity index is 1000. The van der Waals surface area contributed by atoms with E-state index in [-0.39, 0.29) is 29.7 Å². The monoisotopic (exact) mass is 499 g/mol. The quantitative estimate of drug-likeness (QED) is 0.509. The number of amides is 3. The van der Waals surface area contributed by atoms with Gasteiger partial charge in [-0.25, -0.2) is 0 Å². The topological polar surface area (TPSA) is 108 Å². The predicted molar refractivity (Wildman–Crippen MR) is 137 cm³/mol. The van der Waals surface area contributed by atoms with Crippen LogP contribution in [0.25, 0.3) is 0 Å². The van der Waals surface area contributed by atoms with Crippen molar-refractivity contribution in [1.82, 2.24) is 10.2 Å². The van der Waals surface area contributed by atoms with Crippen molar-refractivity contribution in [2.45, 2.75) is 96.6 Å². The van der Waals surface area contributed by atoms with Gasteiger partial charge in [0.25, 0.3) is 0 Å². The molecule has 3 saturated heterocycles. The molecule has 2 unspecified atom stereocenters. The third-order valence-electron chi connectivity index (χ3n) is 7.84. The van der Waals surface area contributed by atoms with Gasteiger partial charge >= 0.3 is 0 Å². The lowest BCUT2D eigenvalue weighted by atomic mass is 9.70. The average Bonchev–Trinajstić information content (AvgIpc) is 3.41. The second-order valence-corrected chi connectivity index (χ2v) is 12.5. The first kappa shape index (κ1) is 26.6. The maximum absolute atomic E-state index is 14.0. The number of aliphatic hydroxyl groups is 1. The molecule has 1 aromatic carbocycles. The Labute approximate surface area is 214 Å². The molecule has 8 nitrogen and oxygen atoms in total. The molecule has 6 atom stereocenters. The number of aliphatic hydroxyl groups excluding tert-OH is 1. The van der Waals surface area contributed by atoms with Crippen LogP contribution in [0.2, 0.25) is 0 Å². The second kappa shape index (κ2) is 9.45. The maximum atomic E-state index is 14.0. The van der Waals surface area contributed by atoms with Gasteiger partial charge in [-0.1, -0.05) is 45.9 Å². The zero-order valence-corrected chi connectivity index (χ0v) is 22.3. The van der Waals surface area contributed by atoms with Crippen LogP contribution in [-0.4, -0.2) is 63.7 Å². The van der Waals surface area contributed by atoms with Crippen molar-refractivity contribution in [2.75, 3.05) is 11.9 Å². The van der Waals surface area contributed by atoms with Gasteiger partial charge < -0.3 is 25.4 Å². The van der Waals surface area contributed by atoms with Crippen molar-refractivity contribution >= 4 is 23.4 Å². The molecule has 1 aromatic rings. The molecule has 3 N–H and O–H groups in total. The lowest BCUT2D eigenvalue weighted by Gasteiger charge is -2.40. The zero-order valence-electron chi connectivity index (χ0n) is 22.3. The highest BCUT2D eigenvalue weighted by Gasteiger charge is 2.75. The molecule has 36 heavy (non-hydrogen) atoms. The molecule has 3 aliphatic rings. The number of likely N-dealkylation sites (tertiary alicyclic amines) is 1. The number of anilines is 1. The van der Waals surface area contributed by atoms with Gasteiger partial charge in [0.2, 0.25) is 17.7 Å². The molecule has 4 rings (SSSR count). The molecule has 1 spiro atoms. The van der Waals surface area contributed by atoms with E-state index in [0.29, 0.717) is 24.9 Å². The van der Waals surface area contributed by atoms with E-state index >= 15 is 0 Å². The van der Waals surface area contributed by atoms with Crippen LogP contribution in [-0.2, 0) is 19.1 Å². The highest BCUT2D eigenvalue weighted by atomic mass is 16.5. The third-order valence-corrected chi connectivity index (χ3v) is 7.84. The van der Waals surface area contributed by atoms with Crippen molar-refractivity contribution in [2.24, 2.45) is 17.3 Å². The Hall–Kier alpha value is -2.45. The minimum Gasteiger partial charge on any atom is -0.394 e. The van der Waals surface area contributed by atoms with Crippen LogP contribution in [0.3, 0.4) is 0 Å². The molecule has 0 aromatic heterocycles. The molecule has 8 heteroatoms. The Morgan fingerprint density at radius 2 is 1.83 bits per heavy atom. The number of carbonyl (C=O) groups excluding carboxylic acids is 3. The number of ether oxygens (including phenoxy) is 1. The Morgan fingerprint density at radius 1 is 1.17 bits per heavy atom. The summed E-state index contributed by atoms with van der Waals surface area (Å²) in [5, 5.41) is 16.3. The summed E-state index contributed by atoms with van der Waals surface area (Å²) >= 11 is 0. The number of rotatable bonds is 8. The number of nitrogens with one attached hydrogen (secondary N) is 2. The second-order valence-electron chi connectivity index (χ2n) is 12.5. The summed E-state index contributed by atoms with van der Waals surface area (Å²) in [6.45, 7) is 12.0. The molecular formula is C28H41N3O5. The molecule has 3 heterocycles. The van der Waals surface area contributed by atoms with E-state index in [1.807, 2.05) is 39.0 Å². The van der Waals surface area contributed by atoms with Gasteiger partial charge in [-0.15, -0.1) is 0 Å². The lowest BCUT2D eigenvalue weighted by Crippen LogP contribution is -2.61. The summed E-state index contributed by atoms with van der Waals surface area (Å²) in [4.78, 5) is 42.9. The van der Waals surface area contributed by atoms with Crippen LogP contribution in [0.4, 0.5) is 5.69 Å². The van der Waals surface area contributed by atoms with Gasteiger partial charge in [-0.3, -0.25) is 14.4 Å². The van der Waals surface area contributed by atoms with E-state index in [1.54, 1.807) is 12.1 Å². The van der Waals surface area contributed by atoms with Crippen LogP contribution in [0.1, 0.15) is 67.2 Å². The summed E-state index contributed by atoms with van der Waals surface area (Å²) in [5.74, 6) is -2.28. The number of nitrogens with zero attached hydrogens (tertiary/aromatic N) is 1. The Kier molecular flexibility index (Phi) is 6.99. The first-order chi connectivity index (χ1) is 16.8. The van der Waals surface area contributed by atoms with E-state index in [0.717, 1.165) is 6.42 Å². The Morgan fingerprint density at radius 3 is 2.42 bits per heavy atom. The average molecular weight is 500 g/mol. The first-order valence-electron chi connectivity index (χ1n) is 13.1. The largest absolute Gasteiger partial charge is 0.394 e. The van der Waals surface area contributed by atoms with Crippen molar-refractivity contribution in [3.8, 4) is 0 Å². The number of hydrogen-bond donors (Lipinski definition) is 3. The fourth-order valence-corrected chi connectivity index (χ4v) is 7.02. The molecule has 3 amide bonds. The van der Waals surface area contributed by atoms with Crippen LogP contribution in [0, 0.1) is 17.3 Å². The summed E-state index contributed by atoms with van der Waals surface area (Å²) < 4.78 is 6.48. The molecule has 0 radical (unpaired) electrons. The van der Waals surface area contributed by atoms with Gasteiger partial charge in [-0.05, 0) is 57.1 Å². The number of para-hydroxylation sites is 1. The van der Waals surface area contributed by atoms with Crippen LogP contribution < -0.4 is 10.6 Å². The molecule has 2 bridgehead atoms. The fourth-order valence-electron chi connectivity index (χ4n) is 7.02. The first-order valence-corrected chi connectivity index (χ1v) is 13.1. The standard InChI is InChI=1S/C28H41N3O5/c1-7-18(15-32)31-22(24(34)30-27(5,6)16-26(2,3)4)28-14-13-19(36-28)20(21(28)25(31)35)23(33)29-17-11-9-8-10-12-17/h8-12,18-22,32H,7,13-16H2,1-6H3,(H,29,33)(H,30,34)/t18-,19+,20-,21-,22?,28?/m0/s1. The highest BCUT2D eigenvalue weighted by molar-refractivity contribution is 6.02.